The zero-order valence-electron chi connectivity index (χ0n) is 10.8. The molecule has 17 heavy (non-hydrogen) atoms. The third-order valence-corrected chi connectivity index (χ3v) is 5.45. The van der Waals surface area contributed by atoms with Crippen LogP contribution in [-0.2, 0) is 0 Å². The Hall–Kier alpha value is -0.590. The highest BCUT2D eigenvalue weighted by atomic mass is 15.2. The second-order valence-electron chi connectivity index (χ2n) is 6.25. The largest absolute Gasteiger partial charge is 0.302 e. The van der Waals surface area contributed by atoms with Gasteiger partial charge in [-0.2, -0.15) is 5.26 Å². The Morgan fingerprint density at radius 3 is 2.47 bits per heavy atom. The average Bonchev–Trinajstić information content (AvgIpc) is 3.02. The van der Waals surface area contributed by atoms with Gasteiger partial charge >= 0.3 is 0 Å². The van der Waals surface area contributed by atoms with Crippen molar-refractivity contribution in [2.75, 3.05) is 20.1 Å². The molecule has 0 aromatic rings. The maximum absolute atomic E-state index is 9.31. The van der Waals surface area contributed by atoms with Gasteiger partial charge in [-0.05, 0) is 51.0 Å². The number of nitrogens with zero attached hydrogens (tertiary/aromatic N) is 2. The maximum atomic E-state index is 9.31. The van der Waals surface area contributed by atoms with E-state index in [2.05, 4.69) is 16.3 Å². The summed E-state index contributed by atoms with van der Waals surface area (Å²) in [6.07, 6.45) is 7.60. The standard InChI is InChI=1S/C14H23N3/c1-16-14(10-15)6-5-13(7-14)17-8-11-3-2-4-12(11)9-17/h11-13,16H,2-9H2,1H3. The molecule has 0 aromatic heterocycles. The fraction of sp³-hybridized carbons (Fsp3) is 0.929. The lowest BCUT2D eigenvalue weighted by atomic mass is 10.00. The highest BCUT2D eigenvalue weighted by Gasteiger charge is 2.45. The van der Waals surface area contributed by atoms with Crippen molar-refractivity contribution < 1.29 is 0 Å². The van der Waals surface area contributed by atoms with Gasteiger partial charge in [0.15, 0.2) is 0 Å². The summed E-state index contributed by atoms with van der Waals surface area (Å²) < 4.78 is 0. The van der Waals surface area contributed by atoms with E-state index < -0.39 is 0 Å². The predicted molar refractivity (Wildman–Crippen MR) is 67.4 cm³/mol. The SMILES string of the molecule is CNC1(C#N)CCC(N2CC3CCCC3C2)C1. The van der Waals surface area contributed by atoms with Crippen molar-refractivity contribution in [1.29, 1.82) is 5.26 Å². The lowest BCUT2D eigenvalue weighted by molar-refractivity contribution is 0.220. The van der Waals surface area contributed by atoms with Crippen LogP contribution < -0.4 is 5.32 Å². The van der Waals surface area contributed by atoms with Crippen LogP contribution in [-0.4, -0.2) is 36.6 Å². The van der Waals surface area contributed by atoms with E-state index in [1.807, 2.05) is 7.05 Å². The molecule has 3 aliphatic rings. The minimum Gasteiger partial charge on any atom is -0.302 e. The van der Waals surface area contributed by atoms with Gasteiger partial charge in [0.1, 0.15) is 5.54 Å². The highest BCUT2D eigenvalue weighted by molar-refractivity contribution is 5.13. The highest BCUT2D eigenvalue weighted by Crippen LogP contribution is 2.42. The van der Waals surface area contributed by atoms with E-state index in [9.17, 15) is 5.26 Å². The van der Waals surface area contributed by atoms with Crippen LogP contribution in [0.2, 0.25) is 0 Å². The van der Waals surface area contributed by atoms with Gasteiger partial charge in [-0.1, -0.05) is 6.42 Å². The number of rotatable bonds is 2. The van der Waals surface area contributed by atoms with Crippen molar-refractivity contribution >= 4 is 0 Å². The summed E-state index contributed by atoms with van der Waals surface area (Å²) in [5.41, 5.74) is -0.234. The fourth-order valence-electron chi connectivity index (χ4n) is 4.29. The Bertz CT molecular complexity index is 323. The summed E-state index contributed by atoms with van der Waals surface area (Å²) in [6.45, 7) is 2.61. The molecule has 1 saturated heterocycles. The summed E-state index contributed by atoms with van der Waals surface area (Å²) in [5.74, 6) is 1.95. The third-order valence-electron chi connectivity index (χ3n) is 5.45. The van der Waals surface area contributed by atoms with Crippen molar-refractivity contribution in [3.63, 3.8) is 0 Å². The molecule has 3 fully saturated rings. The molecule has 2 saturated carbocycles. The number of hydrogen-bond acceptors (Lipinski definition) is 3. The summed E-state index contributed by atoms with van der Waals surface area (Å²) in [7, 11) is 1.93. The van der Waals surface area contributed by atoms with Gasteiger partial charge < -0.3 is 5.32 Å². The minimum atomic E-state index is -0.234. The van der Waals surface area contributed by atoms with E-state index >= 15 is 0 Å². The van der Waals surface area contributed by atoms with Gasteiger partial charge in [0, 0.05) is 19.1 Å². The predicted octanol–water partition coefficient (Wildman–Crippen LogP) is 1.75. The summed E-state index contributed by atoms with van der Waals surface area (Å²) in [5, 5.41) is 12.6. The number of hydrogen-bond donors (Lipinski definition) is 1. The minimum absolute atomic E-state index is 0.234. The van der Waals surface area contributed by atoms with Crippen molar-refractivity contribution in [1.82, 2.24) is 10.2 Å². The normalized spacial score (nSPS) is 46.0. The molecule has 0 radical (unpaired) electrons. The van der Waals surface area contributed by atoms with Crippen molar-refractivity contribution in [3.8, 4) is 6.07 Å². The topological polar surface area (TPSA) is 39.1 Å². The van der Waals surface area contributed by atoms with Crippen LogP contribution >= 0.6 is 0 Å². The average molecular weight is 233 g/mol. The molecule has 94 valence electrons. The molecule has 0 spiro atoms. The van der Waals surface area contributed by atoms with Gasteiger partial charge in [0.2, 0.25) is 0 Å². The van der Waals surface area contributed by atoms with Crippen LogP contribution in [0.3, 0.4) is 0 Å². The third kappa shape index (κ3) is 1.88. The van der Waals surface area contributed by atoms with E-state index in [0.29, 0.717) is 6.04 Å². The molecule has 2 aliphatic carbocycles. The first-order valence-electron chi connectivity index (χ1n) is 7.10. The van der Waals surface area contributed by atoms with Crippen LogP contribution in [0, 0.1) is 23.2 Å². The molecule has 1 N–H and O–H groups in total. The Labute approximate surface area is 104 Å². The van der Waals surface area contributed by atoms with E-state index in [1.54, 1.807) is 0 Å². The van der Waals surface area contributed by atoms with Crippen LogP contribution in [0.5, 0.6) is 0 Å². The summed E-state index contributed by atoms with van der Waals surface area (Å²) in [6, 6.07) is 3.15. The molecule has 0 bridgehead atoms. The number of likely N-dealkylation sites (tertiary alicyclic amines) is 1. The molecule has 0 amide bonds. The van der Waals surface area contributed by atoms with Gasteiger partial charge in [-0.15, -0.1) is 0 Å². The van der Waals surface area contributed by atoms with Gasteiger partial charge in [-0.3, -0.25) is 4.90 Å². The Kier molecular flexibility index (Phi) is 2.88. The quantitative estimate of drug-likeness (QED) is 0.790. The molecule has 4 unspecified atom stereocenters. The van der Waals surface area contributed by atoms with Crippen molar-refractivity contribution in [2.45, 2.75) is 50.1 Å². The second kappa shape index (κ2) is 4.26. The van der Waals surface area contributed by atoms with Gasteiger partial charge in [0.05, 0.1) is 6.07 Å². The Morgan fingerprint density at radius 2 is 1.94 bits per heavy atom. The summed E-state index contributed by atoms with van der Waals surface area (Å²) >= 11 is 0. The monoisotopic (exact) mass is 233 g/mol. The first-order chi connectivity index (χ1) is 8.26. The molecule has 3 heteroatoms. The molecule has 0 aromatic carbocycles. The molecular formula is C14H23N3. The first-order valence-corrected chi connectivity index (χ1v) is 7.10. The van der Waals surface area contributed by atoms with Crippen LogP contribution in [0.25, 0.3) is 0 Å². The Balaban J connectivity index is 1.63. The van der Waals surface area contributed by atoms with Gasteiger partial charge in [-0.25, -0.2) is 0 Å². The lowest BCUT2D eigenvalue weighted by Gasteiger charge is -2.26. The molecule has 1 aliphatic heterocycles. The maximum Gasteiger partial charge on any atom is 0.108 e. The fourth-order valence-corrected chi connectivity index (χ4v) is 4.29. The van der Waals surface area contributed by atoms with Crippen LogP contribution in [0.4, 0.5) is 0 Å². The first kappa shape index (κ1) is 11.5. The van der Waals surface area contributed by atoms with Crippen LogP contribution in [0.1, 0.15) is 38.5 Å². The van der Waals surface area contributed by atoms with E-state index in [-0.39, 0.29) is 5.54 Å². The molecule has 4 atom stereocenters. The zero-order valence-corrected chi connectivity index (χ0v) is 10.8. The number of nitrogens with one attached hydrogen (secondary N) is 1. The molecule has 3 rings (SSSR count). The molecule has 1 heterocycles. The van der Waals surface area contributed by atoms with Crippen LogP contribution in [0.15, 0.2) is 0 Å². The number of nitriles is 1. The summed E-state index contributed by atoms with van der Waals surface area (Å²) in [4.78, 5) is 2.69. The van der Waals surface area contributed by atoms with E-state index in [4.69, 9.17) is 0 Å². The van der Waals surface area contributed by atoms with E-state index in [0.717, 1.165) is 24.7 Å². The molecular weight excluding hydrogens is 210 g/mol. The zero-order chi connectivity index (χ0) is 11.9. The second-order valence-corrected chi connectivity index (χ2v) is 6.25. The molecule has 3 nitrogen and oxygen atoms in total. The Morgan fingerprint density at radius 1 is 1.24 bits per heavy atom. The van der Waals surface area contributed by atoms with Crippen molar-refractivity contribution in [2.24, 2.45) is 11.8 Å². The van der Waals surface area contributed by atoms with E-state index in [1.165, 1.54) is 38.8 Å². The number of fused-ring (bicyclic) bond motifs is 1. The van der Waals surface area contributed by atoms with Gasteiger partial charge in [0.25, 0.3) is 0 Å². The smallest absolute Gasteiger partial charge is 0.108 e. The lowest BCUT2D eigenvalue weighted by Crippen LogP contribution is -2.41. The van der Waals surface area contributed by atoms with Crippen molar-refractivity contribution in [3.05, 3.63) is 0 Å².